The largest absolute Gasteiger partial charge is 0.497 e. The van der Waals surface area contributed by atoms with Gasteiger partial charge in [0.05, 0.1) is 31.2 Å². The van der Waals surface area contributed by atoms with Crippen molar-refractivity contribution in [1.29, 1.82) is 0 Å². The molecule has 3 rings (SSSR count). The third-order valence-electron chi connectivity index (χ3n) is 4.92. The zero-order chi connectivity index (χ0) is 21.0. The normalized spacial score (nSPS) is 13.9. The van der Waals surface area contributed by atoms with Crippen LogP contribution in [-0.4, -0.2) is 62.0 Å². The highest BCUT2D eigenvalue weighted by Crippen LogP contribution is 2.26. The highest BCUT2D eigenvalue weighted by Gasteiger charge is 2.26. The van der Waals surface area contributed by atoms with Crippen molar-refractivity contribution in [3.8, 4) is 11.5 Å². The Morgan fingerprint density at radius 3 is 2.24 bits per heavy atom. The molecule has 0 bridgehead atoms. The van der Waals surface area contributed by atoms with Gasteiger partial charge in [0.1, 0.15) is 11.5 Å². The van der Waals surface area contributed by atoms with Gasteiger partial charge >= 0.3 is 0 Å². The van der Waals surface area contributed by atoms with E-state index in [4.69, 9.17) is 32.7 Å². The topological polar surface area (TPSA) is 59.1 Å². The zero-order valence-electron chi connectivity index (χ0n) is 16.3. The quantitative estimate of drug-likeness (QED) is 0.718. The highest BCUT2D eigenvalue weighted by molar-refractivity contribution is 6.36. The number of hydrogen-bond acceptors (Lipinski definition) is 4. The molecule has 8 heteroatoms. The second-order valence-corrected chi connectivity index (χ2v) is 7.50. The van der Waals surface area contributed by atoms with E-state index >= 15 is 0 Å². The van der Waals surface area contributed by atoms with Crippen LogP contribution in [0.5, 0.6) is 11.5 Å². The zero-order valence-corrected chi connectivity index (χ0v) is 17.8. The number of ether oxygens (including phenoxy) is 2. The fraction of sp³-hybridized carbons (Fsp3) is 0.333. The average molecular weight is 437 g/mol. The average Bonchev–Trinajstić information content (AvgIpc) is 2.73. The number of benzene rings is 2. The van der Waals surface area contributed by atoms with E-state index in [1.807, 2.05) is 6.07 Å². The van der Waals surface area contributed by atoms with Gasteiger partial charge in [-0.1, -0.05) is 29.3 Å². The maximum Gasteiger partial charge on any atom is 0.255 e. The Morgan fingerprint density at radius 1 is 0.931 bits per heavy atom. The van der Waals surface area contributed by atoms with Crippen LogP contribution >= 0.6 is 23.2 Å². The molecule has 2 amide bonds. The molecule has 1 fully saturated rings. The molecule has 1 aliphatic heterocycles. The number of amides is 2. The molecular formula is C21H22Cl2N2O4. The first-order valence-electron chi connectivity index (χ1n) is 9.16. The number of rotatable bonds is 5. The summed E-state index contributed by atoms with van der Waals surface area (Å²) in [4.78, 5) is 28.9. The molecule has 0 aliphatic carbocycles. The summed E-state index contributed by atoms with van der Waals surface area (Å²) < 4.78 is 10.6. The molecule has 0 spiro atoms. The molecule has 2 aromatic carbocycles. The molecule has 1 aliphatic rings. The second kappa shape index (κ2) is 9.37. The van der Waals surface area contributed by atoms with Crippen LogP contribution in [0.4, 0.5) is 0 Å². The molecule has 6 nitrogen and oxygen atoms in total. The SMILES string of the molecule is COc1ccc(CC(=O)N2CCN(C(=O)c3ccc(Cl)cc3Cl)CC2)c(OC)c1. The van der Waals surface area contributed by atoms with Gasteiger partial charge in [0.2, 0.25) is 5.91 Å². The van der Waals surface area contributed by atoms with Crippen LogP contribution in [0.3, 0.4) is 0 Å². The van der Waals surface area contributed by atoms with Crippen LogP contribution in [0.25, 0.3) is 0 Å². The lowest BCUT2D eigenvalue weighted by Crippen LogP contribution is -2.51. The van der Waals surface area contributed by atoms with E-state index in [-0.39, 0.29) is 18.2 Å². The summed E-state index contributed by atoms with van der Waals surface area (Å²) >= 11 is 12.0. The van der Waals surface area contributed by atoms with E-state index in [0.717, 1.165) is 5.56 Å². The monoisotopic (exact) mass is 436 g/mol. The lowest BCUT2D eigenvalue weighted by molar-refractivity contribution is -0.131. The highest BCUT2D eigenvalue weighted by atomic mass is 35.5. The number of nitrogens with zero attached hydrogens (tertiary/aromatic N) is 2. The Bertz CT molecular complexity index is 912. The molecule has 154 valence electrons. The minimum absolute atomic E-state index is 0.00917. The Labute approximate surface area is 179 Å². The van der Waals surface area contributed by atoms with Crippen LogP contribution < -0.4 is 9.47 Å². The van der Waals surface area contributed by atoms with Gasteiger partial charge in [-0.15, -0.1) is 0 Å². The number of halogens is 2. The molecule has 1 saturated heterocycles. The minimum atomic E-state index is -0.157. The molecule has 0 atom stereocenters. The summed E-state index contributed by atoms with van der Waals surface area (Å²) in [6.07, 6.45) is 0.226. The second-order valence-electron chi connectivity index (χ2n) is 6.65. The van der Waals surface area contributed by atoms with E-state index < -0.39 is 0 Å². The summed E-state index contributed by atoms with van der Waals surface area (Å²) in [6, 6.07) is 10.2. The number of carbonyl (C=O) groups excluding carboxylic acids is 2. The smallest absolute Gasteiger partial charge is 0.255 e. The van der Waals surface area contributed by atoms with Crippen LogP contribution in [-0.2, 0) is 11.2 Å². The van der Waals surface area contributed by atoms with Crippen LogP contribution in [0.15, 0.2) is 36.4 Å². The summed E-state index contributed by atoms with van der Waals surface area (Å²) in [5, 5.41) is 0.809. The Balaban J connectivity index is 1.60. The molecule has 0 unspecified atom stereocenters. The molecule has 0 saturated carbocycles. The van der Waals surface area contributed by atoms with Gasteiger partial charge in [0.25, 0.3) is 5.91 Å². The van der Waals surface area contributed by atoms with Crippen LogP contribution in [0, 0.1) is 0 Å². The molecule has 2 aromatic rings. The van der Waals surface area contributed by atoms with Crippen molar-refractivity contribution in [2.24, 2.45) is 0 Å². The number of hydrogen-bond donors (Lipinski definition) is 0. The standard InChI is InChI=1S/C21H22Cl2N2O4/c1-28-16-5-3-14(19(13-16)29-2)11-20(26)24-7-9-25(10-8-24)21(27)17-6-4-15(22)12-18(17)23/h3-6,12-13H,7-11H2,1-2H3. The van der Waals surface area contributed by atoms with Crippen molar-refractivity contribution in [1.82, 2.24) is 9.80 Å². The third kappa shape index (κ3) is 4.95. The van der Waals surface area contributed by atoms with Crippen molar-refractivity contribution in [2.75, 3.05) is 40.4 Å². The van der Waals surface area contributed by atoms with Gasteiger partial charge < -0.3 is 19.3 Å². The van der Waals surface area contributed by atoms with E-state index in [2.05, 4.69) is 0 Å². The molecule has 0 N–H and O–H groups in total. The van der Waals surface area contributed by atoms with Crippen LogP contribution in [0.1, 0.15) is 15.9 Å². The number of methoxy groups -OCH3 is 2. The van der Waals surface area contributed by atoms with E-state index in [1.165, 1.54) is 0 Å². The third-order valence-corrected chi connectivity index (χ3v) is 5.46. The maximum atomic E-state index is 12.7. The van der Waals surface area contributed by atoms with E-state index in [0.29, 0.717) is 53.3 Å². The van der Waals surface area contributed by atoms with Crippen LogP contribution in [0.2, 0.25) is 10.0 Å². The molecule has 0 radical (unpaired) electrons. The minimum Gasteiger partial charge on any atom is -0.497 e. The van der Waals surface area contributed by atoms with E-state index in [9.17, 15) is 9.59 Å². The fourth-order valence-corrected chi connectivity index (χ4v) is 3.75. The van der Waals surface area contributed by atoms with Gasteiger partial charge in [0.15, 0.2) is 0 Å². The molecule has 1 heterocycles. The van der Waals surface area contributed by atoms with Gasteiger partial charge in [-0.25, -0.2) is 0 Å². The molecule has 0 aromatic heterocycles. The summed E-state index contributed by atoms with van der Waals surface area (Å²) in [6.45, 7) is 1.83. The van der Waals surface area contributed by atoms with Gasteiger partial charge in [-0.2, -0.15) is 0 Å². The first-order valence-corrected chi connectivity index (χ1v) is 9.91. The Kier molecular flexibility index (Phi) is 6.87. The number of carbonyl (C=O) groups is 2. The van der Waals surface area contributed by atoms with Crippen molar-refractivity contribution in [3.05, 3.63) is 57.6 Å². The van der Waals surface area contributed by atoms with Crippen molar-refractivity contribution < 1.29 is 19.1 Å². The Morgan fingerprint density at radius 2 is 1.62 bits per heavy atom. The fourth-order valence-electron chi connectivity index (χ4n) is 3.26. The molecular weight excluding hydrogens is 415 g/mol. The van der Waals surface area contributed by atoms with Crippen molar-refractivity contribution >= 4 is 35.0 Å². The Hall–Kier alpha value is -2.44. The maximum absolute atomic E-state index is 12.7. The van der Waals surface area contributed by atoms with Gasteiger partial charge in [-0.3, -0.25) is 9.59 Å². The molecule has 29 heavy (non-hydrogen) atoms. The summed E-state index contributed by atoms with van der Waals surface area (Å²) in [5.41, 5.74) is 1.21. The lowest BCUT2D eigenvalue weighted by atomic mass is 10.1. The summed E-state index contributed by atoms with van der Waals surface area (Å²) in [5.74, 6) is 1.12. The van der Waals surface area contributed by atoms with Crippen molar-refractivity contribution in [3.63, 3.8) is 0 Å². The number of piperazine rings is 1. The first-order chi connectivity index (χ1) is 13.9. The summed E-state index contributed by atoms with van der Waals surface area (Å²) in [7, 11) is 3.15. The first kappa shape index (κ1) is 21.3. The van der Waals surface area contributed by atoms with E-state index in [1.54, 1.807) is 54.4 Å². The van der Waals surface area contributed by atoms with Crippen molar-refractivity contribution in [2.45, 2.75) is 6.42 Å². The lowest BCUT2D eigenvalue weighted by Gasteiger charge is -2.35. The van der Waals surface area contributed by atoms with Gasteiger partial charge in [0, 0.05) is 42.8 Å². The predicted octanol–water partition coefficient (Wildman–Crippen LogP) is 3.54. The van der Waals surface area contributed by atoms with Gasteiger partial charge in [-0.05, 0) is 24.3 Å². The predicted molar refractivity (Wildman–Crippen MR) is 112 cm³/mol.